The van der Waals surface area contributed by atoms with Crippen LogP contribution in [0.25, 0.3) is 0 Å². The third-order valence-electron chi connectivity index (χ3n) is 2.56. The van der Waals surface area contributed by atoms with Gasteiger partial charge in [0.25, 0.3) is 5.56 Å². The highest BCUT2D eigenvalue weighted by Crippen LogP contribution is 2.39. The van der Waals surface area contributed by atoms with Gasteiger partial charge in [-0.3, -0.25) is 4.79 Å². The van der Waals surface area contributed by atoms with E-state index in [2.05, 4.69) is 4.98 Å². The Labute approximate surface area is 81.4 Å². The summed E-state index contributed by atoms with van der Waals surface area (Å²) in [5.74, 6) is 0.521. The standard InChI is InChI=1S/C10H11N3O/c11-4-7-3-8(5-13-10(7)14)9(12)6-1-2-6/h3,5-6,9H,1-2,12H2,(H,13,14)/t9-/m0/s1. The summed E-state index contributed by atoms with van der Waals surface area (Å²) in [6.07, 6.45) is 3.89. The molecule has 0 aliphatic heterocycles. The lowest BCUT2D eigenvalue weighted by atomic mass is 10.0. The van der Waals surface area contributed by atoms with Gasteiger partial charge in [-0.25, -0.2) is 0 Å². The highest BCUT2D eigenvalue weighted by Gasteiger charge is 2.29. The van der Waals surface area contributed by atoms with E-state index >= 15 is 0 Å². The van der Waals surface area contributed by atoms with Gasteiger partial charge >= 0.3 is 0 Å². The number of pyridine rings is 1. The van der Waals surface area contributed by atoms with Crippen LogP contribution in [0.5, 0.6) is 0 Å². The molecule has 1 aliphatic carbocycles. The van der Waals surface area contributed by atoms with E-state index < -0.39 is 0 Å². The molecule has 14 heavy (non-hydrogen) atoms. The van der Waals surface area contributed by atoms with Crippen molar-refractivity contribution in [2.75, 3.05) is 0 Å². The number of aromatic amines is 1. The highest BCUT2D eigenvalue weighted by atomic mass is 16.1. The molecular formula is C10H11N3O. The number of nitrogens with two attached hydrogens (primary N) is 1. The van der Waals surface area contributed by atoms with Crippen molar-refractivity contribution in [1.29, 1.82) is 5.26 Å². The Morgan fingerprint density at radius 2 is 2.36 bits per heavy atom. The lowest BCUT2D eigenvalue weighted by molar-refractivity contribution is 0.630. The third-order valence-corrected chi connectivity index (χ3v) is 2.56. The summed E-state index contributed by atoms with van der Waals surface area (Å²) >= 11 is 0. The number of nitrogens with one attached hydrogen (secondary N) is 1. The monoisotopic (exact) mass is 189 g/mol. The summed E-state index contributed by atoms with van der Waals surface area (Å²) in [6.45, 7) is 0. The van der Waals surface area contributed by atoms with Crippen molar-refractivity contribution in [2.24, 2.45) is 11.7 Å². The van der Waals surface area contributed by atoms with Gasteiger partial charge in [0, 0.05) is 12.2 Å². The van der Waals surface area contributed by atoms with Gasteiger partial charge in [-0.05, 0) is 30.4 Å². The predicted molar refractivity (Wildman–Crippen MR) is 51.4 cm³/mol. The number of rotatable bonds is 2. The van der Waals surface area contributed by atoms with Crippen molar-refractivity contribution in [2.45, 2.75) is 18.9 Å². The van der Waals surface area contributed by atoms with Crippen LogP contribution in [-0.2, 0) is 0 Å². The smallest absolute Gasteiger partial charge is 0.265 e. The predicted octanol–water partition coefficient (Wildman–Crippen LogP) is 0.656. The van der Waals surface area contributed by atoms with Crippen LogP contribution in [0.3, 0.4) is 0 Å². The van der Waals surface area contributed by atoms with Gasteiger partial charge in [0.2, 0.25) is 0 Å². The van der Waals surface area contributed by atoms with Crippen LogP contribution < -0.4 is 11.3 Å². The molecular weight excluding hydrogens is 178 g/mol. The van der Waals surface area contributed by atoms with E-state index in [0.29, 0.717) is 5.92 Å². The fourth-order valence-corrected chi connectivity index (χ4v) is 1.50. The van der Waals surface area contributed by atoms with Gasteiger partial charge in [-0.1, -0.05) is 0 Å². The third kappa shape index (κ3) is 1.54. The second-order valence-corrected chi connectivity index (χ2v) is 3.65. The van der Waals surface area contributed by atoms with Crippen LogP contribution >= 0.6 is 0 Å². The van der Waals surface area contributed by atoms with Crippen LogP contribution in [0.2, 0.25) is 0 Å². The molecule has 1 atom stereocenters. The topological polar surface area (TPSA) is 82.7 Å². The summed E-state index contributed by atoms with van der Waals surface area (Å²) in [6, 6.07) is 3.39. The lowest BCUT2D eigenvalue weighted by Gasteiger charge is -2.09. The maximum absolute atomic E-state index is 11.1. The van der Waals surface area contributed by atoms with Crippen LogP contribution in [0.1, 0.15) is 30.0 Å². The maximum Gasteiger partial charge on any atom is 0.265 e. The van der Waals surface area contributed by atoms with Crippen molar-refractivity contribution < 1.29 is 0 Å². The molecule has 72 valence electrons. The average Bonchev–Trinajstić information content (AvgIpc) is 3.01. The molecule has 0 saturated heterocycles. The number of nitriles is 1. The van der Waals surface area contributed by atoms with E-state index in [1.165, 1.54) is 0 Å². The summed E-state index contributed by atoms with van der Waals surface area (Å²) in [4.78, 5) is 13.6. The van der Waals surface area contributed by atoms with Gasteiger partial charge in [0.15, 0.2) is 0 Å². The molecule has 1 saturated carbocycles. The largest absolute Gasteiger partial charge is 0.328 e. The number of hydrogen-bond acceptors (Lipinski definition) is 3. The van der Waals surface area contributed by atoms with Crippen molar-refractivity contribution in [3.8, 4) is 6.07 Å². The molecule has 0 unspecified atom stereocenters. The second kappa shape index (κ2) is 3.28. The maximum atomic E-state index is 11.1. The molecule has 1 heterocycles. The van der Waals surface area contributed by atoms with Crippen molar-refractivity contribution in [1.82, 2.24) is 4.98 Å². The quantitative estimate of drug-likeness (QED) is 0.716. The summed E-state index contributed by atoms with van der Waals surface area (Å²) < 4.78 is 0. The fraction of sp³-hybridized carbons (Fsp3) is 0.400. The first-order valence-corrected chi connectivity index (χ1v) is 4.60. The van der Waals surface area contributed by atoms with E-state index in [0.717, 1.165) is 18.4 Å². The van der Waals surface area contributed by atoms with Crippen molar-refractivity contribution in [3.05, 3.63) is 33.7 Å². The zero-order valence-electron chi connectivity index (χ0n) is 7.66. The van der Waals surface area contributed by atoms with Gasteiger partial charge in [0.1, 0.15) is 11.6 Å². The molecule has 0 aromatic carbocycles. The molecule has 1 fully saturated rings. The van der Waals surface area contributed by atoms with E-state index in [4.69, 9.17) is 11.0 Å². The first-order chi connectivity index (χ1) is 6.72. The van der Waals surface area contributed by atoms with E-state index in [-0.39, 0.29) is 17.2 Å². The molecule has 4 heteroatoms. The number of hydrogen-bond donors (Lipinski definition) is 2. The first-order valence-electron chi connectivity index (χ1n) is 4.60. The Balaban J connectivity index is 2.35. The summed E-state index contributed by atoms with van der Waals surface area (Å²) in [7, 11) is 0. The Bertz CT molecular complexity index is 439. The van der Waals surface area contributed by atoms with Crippen LogP contribution in [-0.4, -0.2) is 4.98 Å². The molecule has 1 aromatic heterocycles. The SMILES string of the molecule is N#Cc1cc([C@@H](N)C2CC2)c[nH]c1=O. The second-order valence-electron chi connectivity index (χ2n) is 3.65. The average molecular weight is 189 g/mol. The lowest BCUT2D eigenvalue weighted by Crippen LogP contribution is -2.17. The molecule has 0 radical (unpaired) electrons. The number of aromatic nitrogens is 1. The minimum atomic E-state index is -0.348. The highest BCUT2D eigenvalue weighted by molar-refractivity contribution is 5.31. The minimum absolute atomic E-state index is 0.0426. The van der Waals surface area contributed by atoms with Crippen LogP contribution in [0.4, 0.5) is 0 Å². The fourth-order valence-electron chi connectivity index (χ4n) is 1.50. The Hall–Kier alpha value is -1.60. The summed E-state index contributed by atoms with van der Waals surface area (Å²) in [5, 5.41) is 8.67. The van der Waals surface area contributed by atoms with E-state index in [1.54, 1.807) is 12.3 Å². The molecule has 1 aromatic rings. The normalized spacial score (nSPS) is 17.4. The van der Waals surface area contributed by atoms with E-state index in [9.17, 15) is 4.79 Å². The first kappa shape index (κ1) is 8.97. The molecule has 0 amide bonds. The minimum Gasteiger partial charge on any atom is -0.328 e. The molecule has 3 N–H and O–H groups in total. The number of nitrogens with zero attached hydrogens (tertiary/aromatic N) is 1. The summed E-state index contributed by atoms with van der Waals surface area (Å²) in [5.41, 5.74) is 6.58. The van der Waals surface area contributed by atoms with E-state index in [1.807, 2.05) is 6.07 Å². The Morgan fingerprint density at radius 3 is 2.93 bits per heavy atom. The molecule has 1 aliphatic rings. The zero-order chi connectivity index (χ0) is 10.1. The number of H-pyrrole nitrogens is 1. The Morgan fingerprint density at radius 1 is 1.64 bits per heavy atom. The molecule has 2 rings (SSSR count). The van der Waals surface area contributed by atoms with Crippen molar-refractivity contribution >= 4 is 0 Å². The zero-order valence-corrected chi connectivity index (χ0v) is 7.66. The van der Waals surface area contributed by atoms with Gasteiger partial charge in [-0.2, -0.15) is 5.26 Å². The van der Waals surface area contributed by atoms with Gasteiger partial charge in [-0.15, -0.1) is 0 Å². The Kier molecular flexibility index (Phi) is 2.10. The van der Waals surface area contributed by atoms with Crippen LogP contribution in [0.15, 0.2) is 17.1 Å². The van der Waals surface area contributed by atoms with Gasteiger partial charge in [0.05, 0.1) is 0 Å². The molecule has 0 bridgehead atoms. The van der Waals surface area contributed by atoms with Crippen molar-refractivity contribution in [3.63, 3.8) is 0 Å². The van der Waals surface area contributed by atoms with Crippen LogP contribution in [0, 0.1) is 17.2 Å². The molecule has 0 spiro atoms. The van der Waals surface area contributed by atoms with Gasteiger partial charge < -0.3 is 10.7 Å². The molecule has 4 nitrogen and oxygen atoms in total.